The van der Waals surface area contributed by atoms with E-state index < -0.39 is 59.7 Å². The molecule has 4 atom stereocenters. The number of rotatable bonds is 14. The van der Waals surface area contributed by atoms with Crippen LogP contribution in [0.25, 0.3) is 0 Å². The minimum atomic E-state index is -1.39. The van der Waals surface area contributed by atoms with Gasteiger partial charge in [0.1, 0.15) is 18.1 Å². The molecule has 0 aromatic rings. The van der Waals surface area contributed by atoms with Crippen LogP contribution in [0, 0.1) is 0 Å². The summed E-state index contributed by atoms with van der Waals surface area (Å²) in [5, 5.41) is 16.0. The minimum absolute atomic E-state index is 0.0106. The lowest BCUT2D eigenvalue weighted by Crippen LogP contribution is -2.56. The number of carboxylic acids is 1. The van der Waals surface area contributed by atoms with Crippen LogP contribution < -0.4 is 33.2 Å². The topological polar surface area (TPSA) is 237 Å². The monoisotopic (exact) mass is 448 g/mol. The summed E-state index contributed by atoms with van der Waals surface area (Å²) >= 11 is 3.88. The first-order valence-corrected chi connectivity index (χ1v) is 9.59. The zero-order valence-electron chi connectivity index (χ0n) is 16.4. The fourth-order valence-corrected chi connectivity index (χ4v) is 2.30. The fraction of sp³-hybridized carbons (Fsp3) is 0.625. The van der Waals surface area contributed by atoms with Crippen LogP contribution in [0.1, 0.15) is 32.6 Å². The summed E-state index contributed by atoms with van der Waals surface area (Å²) in [5.41, 5.74) is 15.6. The van der Waals surface area contributed by atoms with Crippen molar-refractivity contribution in [1.29, 1.82) is 0 Å². The highest BCUT2D eigenvalue weighted by Crippen LogP contribution is 2.02. The lowest BCUT2D eigenvalue weighted by Gasteiger charge is -2.23. The van der Waals surface area contributed by atoms with Gasteiger partial charge in [-0.2, -0.15) is 12.6 Å². The van der Waals surface area contributed by atoms with Gasteiger partial charge in [-0.3, -0.25) is 24.0 Å². The second kappa shape index (κ2) is 13.4. The molecular formula is C16H28N6O7S. The smallest absolute Gasteiger partial charge is 0.326 e. The number of amides is 5. The number of thiol groups is 1. The van der Waals surface area contributed by atoms with E-state index in [1.165, 1.54) is 6.92 Å². The summed E-state index contributed by atoms with van der Waals surface area (Å²) in [6.07, 6.45) is -0.846. The molecule has 0 aliphatic carbocycles. The quantitative estimate of drug-likeness (QED) is 0.123. The van der Waals surface area contributed by atoms with Crippen molar-refractivity contribution in [3.05, 3.63) is 0 Å². The van der Waals surface area contributed by atoms with E-state index in [1.54, 1.807) is 0 Å². The van der Waals surface area contributed by atoms with Gasteiger partial charge in [-0.1, -0.05) is 0 Å². The Morgan fingerprint density at radius 2 is 1.30 bits per heavy atom. The number of hydrogen-bond acceptors (Lipinski definition) is 8. The van der Waals surface area contributed by atoms with Gasteiger partial charge in [-0.25, -0.2) is 4.79 Å². The normalized spacial score (nSPS) is 14.5. The molecule has 0 fully saturated rings. The lowest BCUT2D eigenvalue weighted by molar-refractivity contribution is -0.142. The number of primary amides is 2. The standard InChI is InChI=1S/C16H28N6O7S/c1-7(13(25)22-10(16(28)29)3-5-12(19)24)20-15(27)9(2-4-11(18)23)21-14(26)8(17)6-30/h7-10,30H,2-6,17H2,1H3,(H2,18,23)(H2,19,24)(H,20,27)(H,21,26)(H,22,25)(H,28,29). The van der Waals surface area contributed by atoms with Gasteiger partial charge < -0.3 is 38.3 Å². The van der Waals surface area contributed by atoms with Gasteiger partial charge in [-0.15, -0.1) is 0 Å². The van der Waals surface area contributed by atoms with Gasteiger partial charge >= 0.3 is 5.97 Å². The van der Waals surface area contributed by atoms with Gasteiger partial charge in [0, 0.05) is 18.6 Å². The highest BCUT2D eigenvalue weighted by atomic mass is 32.1. The third kappa shape index (κ3) is 10.6. The molecule has 0 aromatic heterocycles. The summed E-state index contributed by atoms with van der Waals surface area (Å²) in [7, 11) is 0. The van der Waals surface area contributed by atoms with E-state index in [9.17, 15) is 28.8 Å². The Kier molecular flexibility index (Phi) is 12.1. The van der Waals surface area contributed by atoms with Gasteiger partial charge in [-0.05, 0) is 19.8 Å². The highest BCUT2D eigenvalue weighted by Gasteiger charge is 2.28. The van der Waals surface area contributed by atoms with Crippen molar-refractivity contribution in [3.63, 3.8) is 0 Å². The molecule has 0 heterocycles. The molecule has 0 bridgehead atoms. The van der Waals surface area contributed by atoms with E-state index in [2.05, 4.69) is 28.6 Å². The second-order valence-corrected chi connectivity index (χ2v) is 6.86. The Labute approximate surface area is 178 Å². The highest BCUT2D eigenvalue weighted by molar-refractivity contribution is 7.80. The van der Waals surface area contributed by atoms with Crippen molar-refractivity contribution in [3.8, 4) is 0 Å². The molecule has 10 N–H and O–H groups in total. The van der Waals surface area contributed by atoms with Crippen molar-refractivity contribution in [2.75, 3.05) is 5.75 Å². The van der Waals surface area contributed by atoms with E-state index in [0.717, 1.165) is 0 Å². The van der Waals surface area contributed by atoms with Crippen LogP contribution in [0.2, 0.25) is 0 Å². The predicted molar refractivity (Wildman–Crippen MR) is 108 cm³/mol. The molecule has 170 valence electrons. The minimum Gasteiger partial charge on any atom is -0.480 e. The van der Waals surface area contributed by atoms with Crippen molar-refractivity contribution in [1.82, 2.24) is 16.0 Å². The molecule has 0 saturated heterocycles. The van der Waals surface area contributed by atoms with E-state index in [4.69, 9.17) is 22.3 Å². The van der Waals surface area contributed by atoms with Gasteiger partial charge in [0.15, 0.2) is 0 Å². The molecule has 13 nitrogen and oxygen atoms in total. The number of hydrogen-bond donors (Lipinski definition) is 8. The Balaban J connectivity index is 5.05. The Hall–Kier alpha value is -2.87. The first-order chi connectivity index (χ1) is 13.9. The largest absolute Gasteiger partial charge is 0.480 e. The van der Waals surface area contributed by atoms with Crippen molar-refractivity contribution >= 4 is 48.1 Å². The van der Waals surface area contributed by atoms with Crippen LogP contribution >= 0.6 is 12.6 Å². The molecule has 0 aliphatic heterocycles. The third-order valence-corrected chi connectivity index (χ3v) is 4.29. The lowest BCUT2D eigenvalue weighted by atomic mass is 10.1. The number of aliphatic carboxylic acids is 1. The molecule has 0 aliphatic rings. The molecule has 0 aromatic carbocycles. The molecule has 4 unspecified atom stereocenters. The number of nitrogens with two attached hydrogens (primary N) is 3. The first-order valence-electron chi connectivity index (χ1n) is 8.96. The summed E-state index contributed by atoms with van der Waals surface area (Å²) in [6.45, 7) is 1.28. The molecule has 0 radical (unpaired) electrons. The average Bonchev–Trinajstić information content (AvgIpc) is 2.66. The van der Waals surface area contributed by atoms with Crippen LogP contribution in [0.4, 0.5) is 0 Å². The molecule has 14 heteroatoms. The van der Waals surface area contributed by atoms with Crippen molar-refractivity contribution in [2.45, 2.75) is 56.8 Å². The Morgan fingerprint density at radius 3 is 1.73 bits per heavy atom. The van der Waals surface area contributed by atoms with Crippen LogP contribution in [-0.4, -0.2) is 70.5 Å². The zero-order valence-corrected chi connectivity index (χ0v) is 17.3. The summed E-state index contributed by atoms with van der Waals surface area (Å²) in [6, 6.07) is -4.79. The average molecular weight is 449 g/mol. The van der Waals surface area contributed by atoms with Crippen molar-refractivity contribution < 1.29 is 33.9 Å². The zero-order chi connectivity index (χ0) is 23.4. The van der Waals surface area contributed by atoms with E-state index in [0.29, 0.717) is 0 Å². The Bertz CT molecular complexity index is 674. The number of carbonyl (C=O) groups excluding carboxylic acids is 5. The Morgan fingerprint density at radius 1 is 0.833 bits per heavy atom. The molecule has 30 heavy (non-hydrogen) atoms. The SMILES string of the molecule is CC(NC(=O)C(CCC(N)=O)NC(=O)C(N)CS)C(=O)NC(CCC(N)=O)C(=O)O. The summed E-state index contributed by atoms with van der Waals surface area (Å²) in [4.78, 5) is 69.6. The summed E-state index contributed by atoms with van der Waals surface area (Å²) in [5.74, 6) is -5.14. The van der Waals surface area contributed by atoms with Crippen LogP contribution in [-0.2, 0) is 28.8 Å². The molecule has 0 spiro atoms. The number of nitrogens with one attached hydrogen (secondary N) is 3. The second-order valence-electron chi connectivity index (χ2n) is 6.49. The van der Waals surface area contributed by atoms with E-state index in [-0.39, 0.29) is 31.4 Å². The molecular weight excluding hydrogens is 420 g/mol. The van der Waals surface area contributed by atoms with Crippen molar-refractivity contribution in [2.24, 2.45) is 17.2 Å². The van der Waals surface area contributed by atoms with Gasteiger partial charge in [0.2, 0.25) is 29.5 Å². The van der Waals surface area contributed by atoms with Gasteiger partial charge in [0.05, 0.1) is 6.04 Å². The third-order valence-electron chi connectivity index (χ3n) is 3.89. The number of carboxylic acid groups (broad SMARTS) is 1. The van der Waals surface area contributed by atoms with E-state index >= 15 is 0 Å². The maximum absolute atomic E-state index is 12.5. The maximum Gasteiger partial charge on any atom is 0.326 e. The van der Waals surface area contributed by atoms with E-state index in [1.807, 2.05) is 0 Å². The molecule has 0 rings (SSSR count). The van der Waals surface area contributed by atoms with Crippen LogP contribution in [0.5, 0.6) is 0 Å². The number of carbonyl (C=O) groups is 6. The summed E-state index contributed by atoms with van der Waals surface area (Å²) < 4.78 is 0. The first kappa shape index (κ1) is 27.1. The van der Waals surface area contributed by atoms with Gasteiger partial charge in [0.25, 0.3) is 0 Å². The predicted octanol–water partition coefficient (Wildman–Crippen LogP) is -3.67. The van der Waals surface area contributed by atoms with Crippen LogP contribution in [0.3, 0.4) is 0 Å². The fourth-order valence-electron chi connectivity index (χ4n) is 2.14. The molecule has 5 amide bonds. The molecule has 0 saturated carbocycles. The maximum atomic E-state index is 12.5. The van der Waals surface area contributed by atoms with Crippen LogP contribution in [0.15, 0.2) is 0 Å².